The molecule has 0 saturated heterocycles. The smallest absolute Gasteiger partial charge is 0.161 e. The van der Waals surface area contributed by atoms with Crippen LogP contribution < -0.4 is 0 Å². The van der Waals surface area contributed by atoms with Gasteiger partial charge in [-0.15, -0.1) is 22.7 Å². The largest absolute Gasteiger partial charge is 0.228 e. The van der Waals surface area contributed by atoms with Crippen molar-refractivity contribution in [2.24, 2.45) is 0 Å². The normalized spacial score (nSPS) is 11.8. The summed E-state index contributed by atoms with van der Waals surface area (Å²) in [6.07, 6.45) is 0. The van der Waals surface area contributed by atoms with Crippen molar-refractivity contribution in [1.29, 1.82) is 0 Å². The summed E-state index contributed by atoms with van der Waals surface area (Å²) in [5, 5.41) is 9.90. The Hall–Kier alpha value is -6.98. The molecule has 9 aromatic carbocycles. The van der Waals surface area contributed by atoms with Gasteiger partial charge in [-0.1, -0.05) is 164 Å². The summed E-state index contributed by atoms with van der Waals surface area (Å²) in [4.78, 5) is 11.1. The fourth-order valence-electron chi connectivity index (χ4n) is 8.81. The highest BCUT2D eigenvalue weighted by Crippen LogP contribution is 2.45. The molecule has 0 unspecified atom stereocenters. The SMILES string of the molecule is c1ccc2c(-c3ccc(-c4nc(-c5cccc6c5sc5ccccc56)cc(-c5cccc6c5sc5ccccc56)n4)c(-c4cccc5ccccc45)c3)cccc2c1. The van der Waals surface area contributed by atoms with Crippen LogP contribution in [0.3, 0.4) is 0 Å². The molecule has 0 radical (unpaired) electrons. The second-order valence-electron chi connectivity index (χ2n) is 14.8. The van der Waals surface area contributed by atoms with E-state index in [-0.39, 0.29) is 0 Å². The van der Waals surface area contributed by atoms with Crippen LogP contribution >= 0.6 is 22.7 Å². The van der Waals surface area contributed by atoms with Crippen molar-refractivity contribution in [3.05, 3.63) is 194 Å². The summed E-state index contributed by atoms with van der Waals surface area (Å²) in [6, 6.07) is 70.2. The summed E-state index contributed by atoms with van der Waals surface area (Å²) >= 11 is 3.67. The molecule has 3 aromatic heterocycles. The number of nitrogens with zero attached hydrogens (tertiary/aromatic N) is 2. The van der Waals surface area contributed by atoms with E-state index in [4.69, 9.17) is 9.97 Å². The van der Waals surface area contributed by atoms with Gasteiger partial charge in [0.05, 0.1) is 11.4 Å². The van der Waals surface area contributed by atoms with E-state index in [0.29, 0.717) is 5.82 Å². The first-order chi connectivity index (χ1) is 28.7. The minimum absolute atomic E-state index is 0.705. The quantitative estimate of drug-likeness (QED) is 0.174. The second-order valence-corrected chi connectivity index (χ2v) is 16.9. The molecule has 2 nitrogen and oxygen atoms in total. The molecular weight excluding hydrogens is 741 g/mol. The van der Waals surface area contributed by atoms with E-state index in [1.807, 2.05) is 22.7 Å². The molecule has 0 atom stereocenters. The van der Waals surface area contributed by atoms with E-state index in [1.54, 1.807) is 0 Å². The first kappa shape index (κ1) is 33.2. The molecule has 0 aliphatic carbocycles. The Morgan fingerprint density at radius 1 is 0.293 bits per heavy atom. The van der Waals surface area contributed by atoms with Crippen molar-refractivity contribution in [3.63, 3.8) is 0 Å². The molecule has 0 fully saturated rings. The number of benzene rings is 9. The Morgan fingerprint density at radius 2 is 0.741 bits per heavy atom. The van der Waals surface area contributed by atoms with E-state index in [9.17, 15) is 0 Å². The van der Waals surface area contributed by atoms with Crippen molar-refractivity contribution >= 4 is 84.6 Å². The molecule has 0 spiro atoms. The zero-order chi connectivity index (χ0) is 38.2. The van der Waals surface area contributed by atoms with Gasteiger partial charge in [0.1, 0.15) is 0 Å². The molecule has 0 N–H and O–H groups in total. The van der Waals surface area contributed by atoms with Crippen LogP contribution in [0.15, 0.2) is 194 Å². The zero-order valence-corrected chi connectivity index (χ0v) is 32.8. The third kappa shape index (κ3) is 5.30. The van der Waals surface area contributed by atoms with Crippen molar-refractivity contribution in [3.8, 4) is 56.2 Å². The summed E-state index contributed by atoms with van der Waals surface area (Å²) in [5.74, 6) is 0.705. The van der Waals surface area contributed by atoms with Gasteiger partial charge in [-0.25, -0.2) is 9.97 Å². The van der Waals surface area contributed by atoms with Crippen LogP contribution in [0.5, 0.6) is 0 Å². The average Bonchev–Trinajstić information content (AvgIpc) is 3.87. The summed E-state index contributed by atoms with van der Waals surface area (Å²) < 4.78 is 5.02. The number of hydrogen-bond acceptors (Lipinski definition) is 4. The van der Waals surface area contributed by atoms with Gasteiger partial charge in [-0.05, 0) is 74.1 Å². The van der Waals surface area contributed by atoms with Crippen molar-refractivity contribution in [2.75, 3.05) is 0 Å². The van der Waals surface area contributed by atoms with Gasteiger partial charge in [0, 0.05) is 57.0 Å². The molecule has 4 heteroatoms. The molecule has 3 heterocycles. The fraction of sp³-hybridized carbons (Fsp3) is 0. The molecule has 0 bridgehead atoms. The van der Waals surface area contributed by atoms with Crippen LogP contribution in [0.1, 0.15) is 0 Å². The van der Waals surface area contributed by atoms with E-state index in [1.165, 1.54) is 67.5 Å². The lowest BCUT2D eigenvalue weighted by atomic mass is 9.90. The second kappa shape index (κ2) is 13.3. The minimum atomic E-state index is 0.705. The Balaban J connectivity index is 1.16. The van der Waals surface area contributed by atoms with Gasteiger partial charge in [0.25, 0.3) is 0 Å². The van der Waals surface area contributed by atoms with Gasteiger partial charge in [-0.2, -0.15) is 0 Å². The van der Waals surface area contributed by atoms with Crippen LogP contribution in [-0.4, -0.2) is 9.97 Å². The Labute approximate surface area is 343 Å². The highest BCUT2D eigenvalue weighted by Gasteiger charge is 2.21. The molecule has 58 heavy (non-hydrogen) atoms. The number of hydrogen-bond donors (Lipinski definition) is 0. The van der Waals surface area contributed by atoms with Gasteiger partial charge >= 0.3 is 0 Å². The summed E-state index contributed by atoms with van der Waals surface area (Å²) in [6.45, 7) is 0. The Kier molecular flexibility index (Phi) is 7.62. The van der Waals surface area contributed by atoms with Crippen molar-refractivity contribution in [1.82, 2.24) is 9.97 Å². The third-order valence-electron chi connectivity index (χ3n) is 11.5. The maximum atomic E-state index is 5.56. The molecule has 0 saturated carbocycles. The van der Waals surface area contributed by atoms with Crippen LogP contribution in [0.25, 0.3) is 118 Å². The van der Waals surface area contributed by atoms with E-state index >= 15 is 0 Å². The third-order valence-corrected chi connectivity index (χ3v) is 14.0. The summed E-state index contributed by atoms with van der Waals surface area (Å²) in [7, 11) is 0. The fourth-order valence-corrected chi connectivity index (χ4v) is 11.3. The number of thiophene rings is 2. The maximum Gasteiger partial charge on any atom is 0.161 e. The molecule has 0 aliphatic rings. The molecule has 0 amide bonds. The zero-order valence-electron chi connectivity index (χ0n) is 31.2. The van der Waals surface area contributed by atoms with Crippen LogP contribution in [-0.2, 0) is 0 Å². The molecule has 12 rings (SSSR count). The Morgan fingerprint density at radius 3 is 1.34 bits per heavy atom. The lowest BCUT2D eigenvalue weighted by Gasteiger charge is -2.17. The van der Waals surface area contributed by atoms with Crippen molar-refractivity contribution < 1.29 is 0 Å². The first-order valence-electron chi connectivity index (χ1n) is 19.6. The predicted octanol–water partition coefficient (Wildman–Crippen LogP) is 15.9. The highest BCUT2D eigenvalue weighted by atomic mass is 32.1. The molecular formula is C54H32N2S2. The van der Waals surface area contributed by atoms with Crippen molar-refractivity contribution in [2.45, 2.75) is 0 Å². The molecule has 12 aromatic rings. The molecule has 270 valence electrons. The number of fused-ring (bicyclic) bond motifs is 8. The van der Waals surface area contributed by atoms with Gasteiger partial charge < -0.3 is 0 Å². The lowest BCUT2D eigenvalue weighted by Crippen LogP contribution is -1.98. The average molecular weight is 773 g/mol. The van der Waals surface area contributed by atoms with Crippen LogP contribution in [0.4, 0.5) is 0 Å². The van der Waals surface area contributed by atoms with E-state index in [0.717, 1.165) is 44.8 Å². The van der Waals surface area contributed by atoms with E-state index in [2.05, 4.69) is 194 Å². The van der Waals surface area contributed by atoms with Gasteiger partial charge in [-0.3, -0.25) is 0 Å². The van der Waals surface area contributed by atoms with E-state index < -0.39 is 0 Å². The highest BCUT2D eigenvalue weighted by molar-refractivity contribution is 7.26. The maximum absolute atomic E-state index is 5.56. The predicted molar refractivity (Wildman–Crippen MR) is 250 cm³/mol. The monoisotopic (exact) mass is 772 g/mol. The topological polar surface area (TPSA) is 25.8 Å². The van der Waals surface area contributed by atoms with Crippen LogP contribution in [0.2, 0.25) is 0 Å². The Bertz CT molecular complexity index is 3450. The first-order valence-corrected chi connectivity index (χ1v) is 21.2. The number of aromatic nitrogens is 2. The van der Waals surface area contributed by atoms with Crippen LogP contribution in [0, 0.1) is 0 Å². The molecule has 0 aliphatic heterocycles. The standard InChI is InChI=1S/C54H32N2S2/c1-3-17-36-33(13-1)15-9-21-38(36)35-29-30-44(47(31-35)39-22-10-16-34-14-2-4-18-37(34)39)54-55-48(45-25-11-23-42-40-19-5-7-27-50(40)57-52(42)45)32-49(56-54)46-26-12-24-43-41-20-6-8-28-51(41)58-53(43)46/h1-32H. The van der Waals surface area contributed by atoms with Gasteiger partial charge in [0.15, 0.2) is 5.82 Å². The number of rotatable bonds is 5. The minimum Gasteiger partial charge on any atom is -0.228 e. The summed E-state index contributed by atoms with van der Waals surface area (Å²) in [5.41, 5.74) is 9.68. The lowest BCUT2D eigenvalue weighted by molar-refractivity contribution is 1.19. The van der Waals surface area contributed by atoms with Gasteiger partial charge in [0.2, 0.25) is 0 Å².